The van der Waals surface area contributed by atoms with E-state index in [1.807, 2.05) is 24.3 Å². The monoisotopic (exact) mass is 469 g/mol. The third-order valence-electron chi connectivity index (χ3n) is 5.11. The summed E-state index contributed by atoms with van der Waals surface area (Å²) in [7, 11) is -0.416. The fourth-order valence-electron chi connectivity index (χ4n) is 3.57. The molecule has 1 aliphatic rings. The molecule has 174 valence electrons. The molecule has 2 aromatic carbocycles. The van der Waals surface area contributed by atoms with Crippen LogP contribution in [0.4, 0.5) is 16.2 Å². The topological polar surface area (TPSA) is 114 Å². The molecule has 2 N–H and O–H groups in total. The number of hydrogen-bond donors (Lipinski definition) is 2. The first-order valence-corrected chi connectivity index (χ1v) is 13.9. The van der Waals surface area contributed by atoms with E-state index in [-0.39, 0.29) is 12.5 Å². The van der Waals surface area contributed by atoms with Gasteiger partial charge in [-0.1, -0.05) is 37.8 Å². The van der Waals surface area contributed by atoms with Crippen LogP contribution in [0.1, 0.15) is 6.92 Å². The lowest BCUT2D eigenvalue weighted by Crippen LogP contribution is -2.42. The average Bonchev–Trinajstić information content (AvgIpc) is 3.05. The summed E-state index contributed by atoms with van der Waals surface area (Å²) in [5, 5.41) is 6.69. The molecule has 0 saturated carbocycles. The molecule has 1 aliphatic heterocycles. The second kappa shape index (κ2) is 9.45. The van der Waals surface area contributed by atoms with E-state index in [9.17, 15) is 19.2 Å². The number of anilines is 2. The van der Waals surface area contributed by atoms with Gasteiger partial charge in [-0.25, -0.2) is 9.69 Å². The van der Waals surface area contributed by atoms with Crippen LogP contribution in [0.15, 0.2) is 36.4 Å². The maximum absolute atomic E-state index is 13.0. The number of nitrogens with one attached hydrogen (secondary N) is 2. The number of ether oxygens (including phenoxy) is 2. The summed E-state index contributed by atoms with van der Waals surface area (Å²) >= 11 is 0. The van der Waals surface area contributed by atoms with Crippen LogP contribution in [0, 0.1) is 0 Å². The van der Waals surface area contributed by atoms with Crippen molar-refractivity contribution in [1.29, 1.82) is 0 Å². The van der Waals surface area contributed by atoms with Gasteiger partial charge in [0.15, 0.2) is 6.61 Å². The highest BCUT2D eigenvalue weighted by Crippen LogP contribution is 2.36. The molecule has 1 fully saturated rings. The Kier molecular flexibility index (Phi) is 6.87. The SMILES string of the molecule is COc1ccc(-c2c(NC(C)=O)ccc([Si](C)(C)C)c2NC(=O)CN2C(=O)COC2=O)cc1. The lowest BCUT2D eigenvalue weighted by molar-refractivity contribution is -0.129. The quantitative estimate of drug-likeness (QED) is 0.603. The molecule has 1 saturated heterocycles. The number of carbonyl (C=O) groups excluding carboxylic acids is 4. The Morgan fingerprint density at radius 3 is 2.24 bits per heavy atom. The van der Waals surface area contributed by atoms with E-state index in [2.05, 4.69) is 35.0 Å². The van der Waals surface area contributed by atoms with Crippen molar-refractivity contribution in [2.24, 2.45) is 0 Å². The van der Waals surface area contributed by atoms with Gasteiger partial charge in [0.05, 0.1) is 20.9 Å². The van der Waals surface area contributed by atoms with Crippen molar-refractivity contribution >= 4 is 48.5 Å². The van der Waals surface area contributed by atoms with Crippen LogP contribution in [-0.4, -0.2) is 57.0 Å². The number of nitrogens with zero attached hydrogens (tertiary/aromatic N) is 1. The van der Waals surface area contributed by atoms with Crippen molar-refractivity contribution in [1.82, 2.24) is 4.90 Å². The average molecular weight is 470 g/mol. The first-order valence-electron chi connectivity index (χ1n) is 10.4. The molecule has 0 radical (unpaired) electrons. The second-order valence-corrected chi connectivity index (χ2v) is 13.7. The van der Waals surface area contributed by atoms with Crippen LogP contribution in [0.3, 0.4) is 0 Å². The first-order chi connectivity index (χ1) is 15.5. The molecular weight excluding hydrogens is 442 g/mol. The lowest BCUT2D eigenvalue weighted by atomic mass is 10.0. The van der Waals surface area contributed by atoms with Crippen molar-refractivity contribution in [2.75, 3.05) is 30.9 Å². The maximum atomic E-state index is 13.0. The summed E-state index contributed by atoms with van der Waals surface area (Å²) in [5.74, 6) is -0.703. The van der Waals surface area contributed by atoms with E-state index >= 15 is 0 Å². The minimum Gasteiger partial charge on any atom is -0.497 e. The fourth-order valence-corrected chi connectivity index (χ4v) is 5.09. The van der Waals surface area contributed by atoms with Crippen molar-refractivity contribution < 1.29 is 28.7 Å². The highest BCUT2D eigenvalue weighted by Gasteiger charge is 2.33. The van der Waals surface area contributed by atoms with Crippen LogP contribution in [-0.2, 0) is 19.1 Å². The highest BCUT2D eigenvalue weighted by atomic mass is 28.3. The Morgan fingerprint density at radius 1 is 1.06 bits per heavy atom. The molecule has 1 heterocycles. The molecule has 9 nitrogen and oxygen atoms in total. The molecule has 0 bridgehead atoms. The molecule has 0 aliphatic carbocycles. The van der Waals surface area contributed by atoms with Gasteiger partial charge in [0.1, 0.15) is 12.3 Å². The van der Waals surface area contributed by atoms with Crippen LogP contribution in [0.5, 0.6) is 5.75 Å². The zero-order valence-corrected chi connectivity index (χ0v) is 20.3. The van der Waals surface area contributed by atoms with E-state index in [4.69, 9.17) is 4.74 Å². The van der Waals surface area contributed by atoms with Crippen molar-refractivity contribution in [3.63, 3.8) is 0 Å². The van der Waals surface area contributed by atoms with E-state index in [1.165, 1.54) is 6.92 Å². The van der Waals surface area contributed by atoms with Crippen LogP contribution in [0.2, 0.25) is 19.6 Å². The smallest absolute Gasteiger partial charge is 0.417 e. The van der Waals surface area contributed by atoms with Crippen LogP contribution >= 0.6 is 0 Å². The minimum absolute atomic E-state index is 0.256. The van der Waals surface area contributed by atoms with E-state index in [0.29, 0.717) is 22.7 Å². The summed E-state index contributed by atoms with van der Waals surface area (Å²) < 4.78 is 9.94. The third-order valence-corrected chi connectivity index (χ3v) is 7.14. The molecule has 0 spiro atoms. The van der Waals surface area contributed by atoms with Crippen molar-refractivity contribution in [2.45, 2.75) is 26.6 Å². The molecule has 0 aromatic heterocycles. The van der Waals surface area contributed by atoms with Crippen molar-refractivity contribution in [3.8, 4) is 16.9 Å². The summed E-state index contributed by atoms with van der Waals surface area (Å²) in [6, 6.07) is 11.0. The number of imide groups is 1. The van der Waals surface area contributed by atoms with Crippen LogP contribution in [0.25, 0.3) is 11.1 Å². The fraction of sp³-hybridized carbons (Fsp3) is 0.304. The van der Waals surface area contributed by atoms with Gasteiger partial charge in [-0.2, -0.15) is 0 Å². The molecule has 10 heteroatoms. The number of benzene rings is 2. The predicted molar refractivity (Wildman–Crippen MR) is 127 cm³/mol. The normalized spacial score (nSPS) is 13.5. The molecule has 0 atom stereocenters. The van der Waals surface area contributed by atoms with E-state index < -0.39 is 32.5 Å². The summed E-state index contributed by atoms with van der Waals surface area (Å²) in [5.41, 5.74) is 2.46. The van der Waals surface area contributed by atoms with Gasteiger partial charge in [-0.05, 0) is 28.9 Å². The Morgan fingerprint density at radius 2 is 1.73 bits per heavy atom. The van der Waals surface area contributed by atoms with Gasteiger partial charge < -0.3 is 20.1 Å². The largest absolute Gasteiger partial charge is 0.497 e. The van der Waals surface area contributed by atoms with Gasteiger partial charge in [0.25, 0.3) is 5.91 Å². The van der Waals surface area contributed by atoms with E-state index in [1.54, 1.807) is 19.2 Å². The molecular formula is C23H27N3O6Si. The summed E-state index contributed by atoms with van der Waals surface area (Å²) in [6.45, 7) is 6.98. The second-order valence-electron chi connectivity index (χ2n) is 8.65. The van der Waals surface area contributed by atoms with E-state index in [0.717, 1.165) is 15.7 Å². The Hall–Kier alpha value is -3.66. The zero-order chi connectivity index (χ0) is 24.3. The number of carbonyl (C=O) groups is 4. The lowest BCUT2D eigenvalue weighted by Gasteiger charge is -2.26. The van der Waals surface area contributed by atoms with Gasteiger partial charge in [-0.15, -0.1) is 0 Å². The van der Waals surface area contributed by atoms with Crippen molar-refractivity contribution in [3.05, 3.63) is 36.4 Å². The molecule has 33 heavy (non-hydrogen) atoms. The number of amides is 4. The number of hydrogen-bond acceptors (Lipinski definition) is 6. The standard InChI is InChI=1S/C23H27N3O6Si/c1-14(27)24-17-10-11-18(33(3,4)5)22(21(17)15-6-8-16(31-2)9-7-15)25-19(28)12-26-20(29)13-32-23(26)30/h6-11H,12-13H2,1-5H3,(H,24,27)(H,25,28). The first kappa shape index (κ1) is 24.0. The number of rotatable bonds is 7. The molecule has 4 amide bonds. The molecule has 2 aromatic rings. The molecule has 0 unspecified atom stereocenters. The van der Waals surface area contributed by atoms with Gasteiger partial charge in [-0.3, -0.25) is 14.4 Å². The van der Waals surface area contributed by atoms with Crippen LogP contribution < -0.4 is 20.6 Å². The number of cyclic esters (lactones) is 1. The number of methoxy groups -OCH3 is 1. The Balaban J connectivity index is 2.12. The minimum atomic E-state index is -1.99. The highest BCUT2D eigenvalue weighted by molar-refractivity contribution is 6.90. The summed E-state index contributed by atoms with van der Waals surface area (Å²) in [4.78, 5) is 49.3. The Labute approximate surface area is 193 Å². The van der Waals surface area contributed by atoms with Gasteiger partial charge in [0.2, 0.25) is 11.8 Å². The summed E-state index contributed by atoms with van der Waals surface area (Å²) in [6.07, 6.45) is -0.844. The zero-order valence-electron chi connectivity index (χ0n) is 19.3. The Bertz CT molecular complexity index is 1090. The molecule has 3 rings (SSSR count). The van der Waals surface area contributed by atoms with Gasteiger partial charge in [0, 0.05) is 18.2 Å². The third kappa shape index (κ3) is 5.40. The van der Waals surface area contributed by atoms with Gasteiger partial charge >= 0.3 is 6.09 Å². The predicted octanol–water partition coefficient (Wildman–Crippen LogP) is 2.78. The maximum Gasteiger partial charge on any atom is 0.417 e.